The van der Waals surface area contributed by atoms with Crippen molar-refractivity contribution in [3.8, 4) is 0 Å². The third-order valence-electron chi connectivity index (χ3n) is 4.33. The van der Waals surface area contributed by atoms with Crippen LogP contribution in [0.15, 0.2) is 42.5 Å². The fraction of sp³-hybridized carbons (Fsp3) is 0.263. The van der Waals surface area contributed by atoms with Gasteiger partial charge in [0.25, 0.3) is 0 Å². The summed E-state index contributed by atoms with van der Waals surface area (Å²) in [5.74, 6) is -0.0864. The molecule has 0 spiro atoms. The summed E-state index contributed by atoms with van der Waals surface area (Å²) in [7, 11) is 0. The molecule has 3 amide bonds. The number of anilines is 1. The molecule has 1 saturated heterocycles. The third-order valence-corrected chi connectivity index (χ3v) is 5.08. The highest BCUT2D eigenvalue weighted by molar-refractivity contribution is 6.34. The van der Waals surface area contributed by atoms with E-state index in [1.807, 2.05) is 31.2 Å². The van der Waals surface area contributed by atoms with Crippen LogP contribution in [0.2, 0.25) is 10.0 Å². The molecule has 1 N–H and O–H groups in total. The molecule has 2 aromatic carbocycles. The monoisotopic (exact) mass is 391 g/mol. The molecule has 5 nitrogen and oxygen atoms in total. The van der Waals surface area contributed by atoms with Crippen LogP contribution in [0.4, 0.5) is 10.5 Å². The Morgan fingerprint density at radius 1 is 1.12 bits per heavy atom. The molecule has 1 aliphatic heterocycles. The van der Waals surface area contributed by atoms with Gasteiger partial charge in [-0.25, -0.2) is 4.79 Å². The molecule has 1 aliphatic rings. The van der Waals surface area contributed by atoms with Gasteiger partial charge in [-0.1, -0.05) is 47.5 Å². The van der Waals surface area contributed by atoms with Crippen LogP contribution in [-0.2, 0) is 11.3 Å². The van der Waals surface area contributed by atoms with Crippen molar-refractivity contribution >= 4 is 40.8 Å². The molecule has 0 unspecified atom stereocenters. The number of urea groups is 1. The Hall–Kier alpha value is -2.24. The Morgan fingerprint density at radius 2 is 1.85 bits per heavy atom. The van der Waals surface area contributed by atoms with E-state index in [1.165, 1.54) is 4.90 Å². The van der Waals surface area contributed by atoms with Gasteiger partial charge in [-0.3, -0.25) is 4.79 Å². The number of nitrogens with one attached hydrogen (secondary N) is 1. The minimum absolute atomic E-state index is 0.0445. The number of nitrogens with zero attached hydrogens (tertiary/aromatic N) is 2. The summed E-state index contributed by atoms with van der Waals surface area (Å²) < 4.78 is 0. The van der Waals surface area contributed by atoms with Gasteiger partial charge in [-0.15, -0.1) is 0 Å². The second kappa shape index (κ2) is 7.98. The number of hydrogen-bond donors (Lipinski definition) is 1. The fourth-order valence-electron chi connectivity index (χ4n) is 2.80. The van der Waals surface area contributed by atoms with Gasteiger partial charge in [0, 0.05) is 24.7 Å². The average molecular weight is 392 g/mol. The Bertz CT molecular complexity index is 824. The lowest BCUT2D eigenvalue weighted by molar-refractivity contribution is -0.135. The molecular weight excluding hydrogens is 373 g/mol. The van der Waals surface area contributed by atoms with E-state index in [-0.39, 0.29) is 18.5 Å². The maximum Gasteiger partial charge on any atom is 0.322 e. The van der Waals surface area contributed by atoms with E-state index in [0.717, 1.165) is 11.1 Å². The minimum atomic E-state index is -0.322. The second-order valence-electron chi connectivity index (χ2n) is 6.23. The van der Waals surface area contributed by atoms with Crippen LogP contribution in [0, 0.1) is 6.92 Å². The lowest BCUT2D eigenvalue weighted by Crippen LogP contribution is -2.52. The quantitative estimate of drug-likeness (QED) is 0.852. The SMILES string of the molecule is Cc1cccc(NC(=O)N2CCN(Cc3ccc(Cl)cc3)C(=O)C2)c1Cl. The summed E-state index contributed by atoms with van der Waals surface area (Å²) in [5, 5.41) is 3.95. The molecule has 0 bridgehead atoms. The highest BCUT2D eigenvalue weighted by Gasteiger charge is 2.27. The summed E-state index contributed by atoms with van der Waals surface area (Å²) in [4.78, 5) is 28.1. The highest BCUT2D eigenvalue weighted by Crippen LogP contribution is 2.25. The van der Waals surface area contributed by atoms with Crippen molar-refractivity contribution in [1.82, 2.24) is 9.80 Å². The Balaban J connectivity index is 1.59. The zero-order valence-electron chi connectivity index (χ0n) is 14.3. The Morgan fingerprint density at radius 3 is 2.54 bits per heavy atom. The van der Waals surface area contributed by atoms with Crippen molar-refractivity contribution < 1.29 is 9.59 Å². The zero-order valence-corrected chi connectivity index (χ0v) is 15.8. The van der Waals surface area contributed by atoms with E-state index >= 15 is 0 Å². The van der Waals surface area contributed by atoms with E-state index in [1.54, 1.807) is 23.1 Å². The third kappa shape index (κ3) is 4.29. The fourth-order valence-corrected chi connectivity index (χ4v) is 3.10. The van der Waals surface area contributed by atoms with Crippen LogP contribution in [-0.4, -0.2) is 41.4 Å². The van der Waals surface area contributed by atoms with Crippen LogP contribution in [0.5, 0.6) is 0 Å². The molecular formula is C19H19Cl2N3O2. The first-order chi connectivity index (χ1) is 12.4. The van der Waals surface area contributed by atoms with Crippen molar-refractivity contribution in [1.29, 1.82) is 0 Å². The van der Waals surface area contributed by atoms with Crippen LogP contribution >= 0.6 is 23.2 Å². The molecule has 1 fully saturated rings. The maximum atomic E-state index is 12.4. The number of carbonyl (C=O) groups excluding carboxylic acids is 2. The topological polar surface area (TPSA) is 52.7 Å². The summed E-state index contributed by atoms with van der Waals surface area (Å²) >= 11 is 12.1. The number of carbonyl (C=O) groups is 2. The minimum Gasteiger partial charge on any atom is -0.335 e. The van der Waals surface area contributed by atoms with E-state index in [2.05, 4.69) is 5.32 Å². The van der Waals surface area contributed by atoms with Gasteiger partial charge in [-0.2, -0.15) is 0 Å². The molecule has 7 heteroatoms. The first kappa shape index (κ1) is 18.5. The molecule has 3 rings (SSSR count). The zero-order chi connectivity index (χ0) is 18.7. The van der Waals surface area contributed by atoms with Gasteiger partial charge in [0.2, 0.25) is 5.91 Å². The summed E-state index contributed by atoms with van der Waals surface area (Å²) in [5.41, 5.74) is 2.44. The molecule has 1 heterocycles. The number of benzene rings is 2. The van der Waals surface area contributed by atoms with Crippen LogP contribution in [0.3, 0.4) is 0 Å². The van der Waals surface area contributed by atoms with Crippen molar-refractivity contribution in [3.05, 3.63) is 63.6 Å². The van der Waals surface area contributed by atoms with Crippen LogP contribution in [0.1, 0.15) is 11.1 Å². The lowest BCUT2D eigenvalue weighted by atomic mass is 10.2. The normalized spacial score (nSPS) is 14.5. The number of halogens is 2. The van der Waals surface area contributed by atoms with E-state index in [0.29, 0.717) is 35.4 Å². The van der Waals surface area contributed by atoms with Crippen molar-refractivity contribution in [3.63, 3.8) is 0 Å². The standard InChI is InChI=1S/C19H19Cl2N3O2/c1-13-3-2-4-16(18(13)21)22-19(26)24-10-9-23(17(25)12-24)11-14-5-7-15(20)8-6-14/h2-8H,9-12H2,1H3,(H,22,26). The summed E-state index contributed by atoms with van der Waals surface area (Å²) in [6.07, 6.45) is 0. The highest BCUT2D eigenvalue weighted by atomic mass is 35.5. The second-order valence-corrected chi connectivity index (χ2v) is 7.04. The molecule has 0 atom stereocenters. The number of amides is 3. The first-order valence-electron chi connectivity index (χ1n) is 8.27. The van der Waals surface area contributed by atoms with Crippen molar-refractivity contribution in [2.45, 2.75) is 13.5 Å². The van der Waals surface area contributed by atoms with E-state index < -0.39 is 0 Å². The molecule has 0 aliphatic carbocycles. The predicted octanol–water partition coefficient (Wildman–Crippen LogP) is 4.18. The number of rotatable bonds is 3. The Kier molecular flexibility index (Phi) is 5.69. The van der Waals surface area contributed by atoms with Crippen molar-refractivity contribution in [2.75, 3.05) is 25.0 Å². The smallest absolute Gasteiger partial charge is 0.322 e. The van der Waals surface area contributed by atoms with Gasteiger partial charge in [0.1, 0.15) is 6.54 Å². The summed E-state index contributed by atoms with van der Waals surface area (Å²) in [6, 6.07) is 12.5. The van der Waals surface area contributed by atoms with Gasteiger partial charge >= 0.3 is 6.03 Å². The van der Waals surface area contributed by atoms with Gasteiger partial charge < -0.3 is 15.1 Å². The average Bonchev–Trinajstić information content (AvgIpc) is 2.62. The van der Waals surface area contributed by atoms with Gasteiger partial charge in [-0.05, 0) is 36.2 Å². The summed E-state index contributed by atoms with van der Waals surface area (Å²) in [6.45, 7) is 3.38. The van der Waals surface area contributed by atoms with Gasteiger partial charge in [0.15, 0.2) is 0 Å². The number of piperazine rings is 1. The molecule has 0 aromatic heterocycles. The molecule has 26 heavy (non-hydrogen) atoms. The first-order valence-corrected chi connectivity index (χ1v) is 9.03. The maximum absolute atomic E-state index is 12.4. The molecule has 136 valence electrons. The number of aryl methyl sites for hydroxylation is 1. The largest absolute Gasteiger partial charge is 0.335 e. The van der Waals surface area contributed by atoms with E-state index in [9.17, 15) is 9.59 Å². The number of hydrogen-bond acceptors (Lipinski definition) is 2. The van der Waals surface area contributed by atoms with Gasteiger partial charge in [0.05, 0.1) is 10.7 Å². The van der Waals surface area contributed by atoms with E-state index in [4.69, 9.17) is 23.2 Å². The molecule has 2 aromatic rings. The molecule has 0 saturated carbocycles. The van der Waals surface area contributed by atoms with Crippen LogP contribution in [0.25, 0.3) is 0 Å². The molecule has 0 radical (unpaired) electrons. The van der Waals surface area contributed by atoms with Crippen LogP contribution < -0.4 is 5.32 Å². The van der Waals surface area contributed by atoms with Crippen molar-refractivity contribution in [2.24, 2.45) is 0 Å². The predicted molar refractivity (Wildman–Crippen MR) is 104 cm³/mol. The lowest BCUT2D eigenvalue weighted by Gasteiger charge is -2.34. The Labute approximate surface area is 162 Å².